The van der Waals surface area contributed by atoms with Gasteiger partial charge in [-0.15, -0.1) is 0 Å². The number of aliphatic hydroxyl groups is 3. The van der Waals surface area contributed by atoms with Crippen LogP contribution in [0, 0.1) is 0 Å². The molecule has 0 aliphatic carbocycles. The normalized spacial score (nSPS) is 29.7. The van der Waals surface area contributed by atoms with Crippen LogP contribution in [-0.4, -0.2) is 73.1 Å². The van der Waals surface area contributed by atoms with Crippen molar-refractivity contribution in [2.45, 2.75) is 43.2 Å². The Hall–Kier alpha value is -3.38. The molecular weight excluding hydrogens is 428 g/mol. The molecule has 0 saturated carbocycles. The molecule has 6 N–H and O–H groups in total. The third-order valence-corrected chi connectivity index (χ3v) is 5.30. The van der Waals surface area contributed by atoms with Crippen LogP contribution in [0.1, 0.15) is 28.4 Å². The average molecular weight is 448 g/mol. The zero-order valence-electron chi connectivity index (χ0n) is 16.4. The Labute approximate surface area is 180 Å². The highest BCUT2D eigenvalue weighted by Gasteiger charge is 2.48. The van der Waals surface area contributed by atoms with Crippen molar-refractivity contribution in [1.29, 1.82) is 0 Å². The second kappa shape index (κ2) is 8.28. The van der Waals surface area contributed by atoms with Crippen LogP contribution in [0.5, 0.6) is 23.0 Å². The Morgan fingerprint density at radius 2 is 1.69 bits per heavy atom. The predicted octanol–water partition coefficient (Wildman–Crippen LogP) is 0.0753. The number of carboxylic acid groups (broad SMARTS) is 1. The fourth-order valence-corrected chi connectivity index (χ4v) is 3.64. The van der Waals surface area contributed by atoms with Crippen LogP contribution in [-0.2, 0) is 9.53 Å². The summed E-state index contributed by atoms with van der Waals surface area (Å²) in [6.45, 7) is 0. The number of carbonyl (C=O) groups is 2. The Bertz CT molecular complexity index is 1030. The number of phenolic OH excluding ortho intramolecular Hbond substituents is 2. The minimum absolute atomic E-state index is 0.0185. The number of carboxylic acids is 1. The average Bonchev–Trinajstić information content (AvgIpc) is 2.73. The van der Waals surface area contributed by atoms with E-state index in [-0.39, 0.29) is 29.2 Å². The first-order valence-electron chi connectivity index (χ1n) is 9.60. The molecule has 0 amide bonds. The fourth-order valence-electron chi connectivity index (χ4n) is 3.64. The molecule has 32 heavy (non-hydrogen) atoms. The third kappa shape index (κ3) is 3.94. The number of ether oxygens (including phenoxy) is 3. The maximum Gasteiger partial charge on any atom is 0.335 e. The molecule has 2 aromatic rings. The molecule has 2 aliphatic rings. The van der Waals surface area contributed by atoms with E-state index in [9.17, 15) is 35.1 Å². The number of aliphatic hydroxyl groups excluding tert-OH is 3. The van der Waals surface area contributed by atoms with Crippen LogP contribution in [0.15, 0.2) is 36.4 Å². The van der Waals surface area contributed by atoms with Crippen molar-refractivity contribution in [3.63, 3.8) is 0 Å². The molecule has 3 unspecified atom stereocenters. The van der Waals surface area contributed by atoms with Gasteiger partial charge in [-0.05, 0) is 17.7 Å². The van der Waals surface area contributed by atoms with E-state index in [4.69, 9.17) is 19.3 Å². The van der Waals surface area contributed by atoms with Gasteiger partial charge >= 0.3 is 5.97 Å². The van der Waals surface area contributed by atoms with E-state index >= 15 is 0 Å². The van der Waals surface area contributed by atoms with Gasteiger partial charge in [0, 0.05) is 12.1 Å². The number of ketones is 1. The standard InChI is InChI=1S/C21H20O11/c22-9-3-1-8(2-4-9)13-7-12(24)15-11(23)5-10(6-14(15)31-13)30-21-18(27)16(25)17(26)19(32-21)20(28)29/h1-6,13,16-19,21-23,25-27H,7H2,(H,28,29)/t13-,16?,17+,18?,19?,21-/m0/s1. The molecule has 170 valence electrons. The number of Topliss-reactive ketones (excluding diaryl/α,β-unsaturated/α-hetero) is 1. The van der Waals surface area contributed by atoms with Gasteiger partial charge in [0.05, 0.1) is 6.42 Å². The van der Waals surface area contributed by atoms with Gasteiger partial charge in [-0.1, -0.05) is 12.1 Å². The van der Waals surface area contributed by atoms with E-state index < -0.39 is 54.3 Å². The molecule has 0 radical (unpaired) electrons. The minimum Gasteiger partial charge on any atom is -0.508 e. The molecule has 0 bridgehead atoms. The Morgan fingerprint density at radius 3 is 2.34 bits per heavy atom. The molecule has 2 heterocycles. The van der Waals surface area contributed by atoms with Gasteiger partial charge in [0.1, 0.15) is 53.0 Å². The van der Waals surface area contributed by atoms with E-state index in [1.54, 1.807) is 12.1 Å². The van der Waals surface area contributed by atoms with Gasteiger partial charge in [0.25, 0.3) is 0 Å². The van der Waals surface area contributed by atoms with E-state index in [0.717, 1.165) is 6.07 Å². The number of hydrogen-bond acceptors (Lipinski definition) is 10. The predicted molar refractivity (Wildman–Crippen MR) is 103 cm³/mol. The van der Waals surface area contributed by atoms with Crippen LogP contribution in [0.2, 0.25) is 0 Å². The quantitative estimate of drug-likeness (QED) is 0.372. The van der Waals surface area contributed by atoms with Crippen LogP contribution in [0.3, 0.4) is 0 Å². The summed E-state index contributed by atoms with van der Waals surface area (Å²) in [5.74, 6) is -2.55. The third-order valence-electron chi connectivity index (χ3n) is 5.30. The number of fused-ring (bicyclic) bond motifs is 1. The van der Waals surface area contributed by atoms with E-state index in [1.165, 1.54) is 18.2 Å². The Morgan fingerprint density at radius 1 is 1.00 bits per heavy atom. The van der Waals surface area contributed by atoms with Crippen LogP contribution in [0.4, 0.5) is 0 Å². The molecule has 0 aromatic heterocycles. The van der Waals surface area contributed by atoms with Crippen molar-refractivity contribution in [2.24, 2.45) is 0 Å². The smallest absolute Gasteiger partial charge is 0.335 e. The molecule has 2 aromatic carbocycles. The highest BCUT2D eigenvalue weighted by Crippen LogP contribution is 2.42. The number of rotatable bonds is 4. The molecule has 4 rings (SSSR count). The second-order valence-electron chi connectivity index (χ2n) is 7.49. The lowest BCUT2D eigenvalue weighted by molar-refractivity contribution is -0.271. The first kappa shape index (κ1) is 21.8. The number of hydrogen-bond donors (Lipinski definition) is 6. The second-order valence-corrected chi connectivity index (χ2v) is 7.49. The van der Waals surface area contributed by atoms with Crippen molar-refractivity contribution in [2.75, 3.05) is 0 Å². The van der Waals surface area contributed by atoms with E-state index in [2.05, 4.69) is 0 Å². The number of carbonyl (C=O) groups excluding carboxylic acids is 1. The summed E-state index contributed by atoms with van der Waals surface area (Å²) >= 11 is 0. The molecule has 1 saturated heterocycles. The Kier molecular flexibility index (Phi) is 5.65. The first-order valence-corrected chi connectivity index (χ1v) is 9.60. The molecule has 6 atom stereocenters. The van der Waals surface area contributed by atoms with Gasteiger partial charge in [-0.25, -0.2) is 4.79 Å². The first-order chi connectivity index (χ1) is 15.2. The van der Waals surface area contributed by atoms with Gasteiger partial charge < -0.3 is 44.8 Å². The summed E-state index contributed by atoms with van der Waals surface area (Å²) in [6.07, 6.45) is -9.86. The number of aromatic hydroxyl groups is 2. The molecule has 0 spiro atoms. The monoisotopic (exact) mass is 448 g/mol. The van der Waals surface area contributed by atoms with Crippen LogP contribution < -0.4 is 9.47 Å². The molecule has 11 nitrogen and oxygen atoms in total. The summed E-state index contributed by atoms with van der Waals surface area (Å²) in [6, 6.07) is 8.37. The SMILES string of the molecule is O=C1C[C@@H](c2ccc(O)cc2)Oc2cc(O[C@H]3OC(C(=O)O)[C@H](O)C(O)C3O)cc(O)c21. The van der Waals surface area contributed by atoms with Crippen molar-refractivity contribution in [3.8, 4) is 23.0 Å². The van der Waals surface area contributed by atoms with Crippen LogP contribution in [0.25, 0.3) is 0 Å². The van der Waals surface area contributed by atoms with Crippen LogP contribution >= 0.6 is 0 Å². The maximum absolute atomic E-state index is 12.6. The summed E-state index contributed by atoms with van der Waals surface area (Å²) in [5.41, 5.74) is 0.538. The van der Waals surface area contributed by atoms with Gasteiger partial charge in [0.2, 0.25) is 6.29 Å². The lowest BCUT2D eigenvalue weighted by Crippen LogP contribution is -2.61. The lowest BCUT2D eigenvalue weighted by Gasteiger charge is -2.38. The molecule has 11 heteroatoms. The minimum atomic E-state index is -1.88. The molecule has 1 fully saturated rings. The topological polar surface area (TPSA) is 183 Å². The van der Waals surface area contributed by atoms with Gasteiger partial charge in [-0.2, -0.15) is 0 Å². The zero-order chi connectivity index (χ0) is 23.2. The molecular formula is C21H20O11. The number of benzene rings is 2. The fraction of sp³-hybridized carbons (Fsp3) is 0.333. The van der Waals surface area contributed by atoms with Gasteiger partial charge in [0.15, 0.2) is 11.9 Å². The summed E-state index contributed by atoms with van der Waals surface area (Å²) in [5, 5.41) is 58.7. The molecule has 2 aliphatic heterocycles. The zero-order valence-corrected chi connectivity index (χ0v) is 16.4. The lowest BCUT2D eigenvalue weighted by atomic mass is 9.95. The van der Waals surface area contributed by atoms with Gasteiger partial charge in [-0.3, -0.25) is 4.79 Å². The highest BCUT2D eigenvalue weighted by molar-refractivity contribution is 6.02. The van der Waals surface area contributed by atoms with Crippen molar-refractivity contribution >= 4 is 11.8 Å². The van der Waals surface area contributed by atoms with E-state index in [1.807, 2.05) is 0 Å². The summed E-state index contributed by atoms with van der Waals surface area (Å²) in [4.78, 5) is 23.8. The number of phenols is 2. The highest BCUT2D eigenvalue weighted by atomic mass is 16.7. The number of aliphatic carboxylic acids is 1. The van der Waals surface area contributed by atoms with Crippen molar-refractivity contribution in [3.05, 3.63) is 47.5 Å². The summed E-state index contributed by atoms with van der Waals surface area (Å²) in [7, 11) is 0. The summed E-state index contributed by atoms with van der Waals surface area (Å²) < 4.78 is 16.3. The maximum atomic E-state index is 12.6. The largest absolute Gasteiger partial charge is 0.508 e. The van der Waals surface area contributed by atoms with Crippen molar-refractivity contribution < 1.29 is 54.4 Å². The van der Waals surface area contributed by atoms with E-state index in [0.29, 0.717) is 5.56 Å². The van der Waals surface area contributed by atoms with Crippen molar-refractivity contribution in [1.82, 2.24) is 0 Å². The Balaban J connectivity index is 1.60.